The lowest BCUT2D eigenvalue weighted by molar-refractivity contribution is 0.0959. The molecule has 0 radical (unpaired) electrons. The molecule has 0 atom stereocenters. The van der Waals surface area contributed by atoms with Crippen LogP contribution in [-0.4, -0.2) is 12.1 Å². The molecule has 16 heavy (non-hydrogen) atoms. The Kier molecular flexibility index (Phi) is 3.02. The highest BCUT2D eigenvalue weighted by Crippen LogP contribution is 2.08. The summed E-state index contributed by atoms with van der Waals surface area (Å²) in [6.45, 7) is 0. The van der Waals surface area contributed by atoms with Gasteiger partial charge in [-0.25, -0.2) is 5.43 Å². The molecule has 1 amide bonds. The number of nitrogens with two attached hydrogens (primary N) is 1. The first kappa shape index (κ1) is 10.4. The summed E-state index contributed by atoms with van der Waals surface area (Å²) in [4.78, 5) is 12.0. The molecule has 2 rings (SSSR count). The van der Waals surface area contributed by atoms with Gasteiger partial charge in [-0.3, -0.25) is 4.79 Å². The fourth-order valence-electron chi connectivity index (χ4n) is 1.06. The number of hydrogen-bond donors (Lipinski definition) is 2. The number of amides is 1. The molecule has 82 valence electrons. The number of nitrogens with zero attached hydrogens (tertiary/aromatic N) is 1. The minimum absolute atomic E-state index is 0.245. The predicted molar refractivity (Wildman–Crippen MR) is 62.5 cm³/mol. The van der Waals surface area contributed by atoms with Gasteiger partial charge in [-0.2, -0.15) is 5.10 Å². The van der Waals surface area contributed by atoms with Crippen molar-refractivity contribution in [2.75, 3.05) is 5.73 Å². The number of anilines is 1. The van der Waals surface area contributed by atoms with E-state index in [1.807, 2.05) is 5.38 Å². The summed E-state index contributed by atoms with van der Waals surface area (Å²) in [7, 11) is 0. The minimum Gasteiger partial charge on any atom is -0.440 e. The van der Waals surface area contributed by atoms with Crippen LogP contribution in [-0.2, 0) is 0 Å². The van der Waals surface area contributed by atoms with Crippen molar-refractivity contribution in [1.29, 1.82) is 0 Å². The summed E-state index contributed by atoms with van der Waals surface area (Å²) in [5.74, 6) is 0.556. The van der Waals surface area contributed by atoms with Gasteiger partial charge in [-0.05, 0) is 17.5 Å². The molecule has 0 fully saturated rings. The SMILES string of the molecule is Nc1ccc(/C=N/NC(=O)c2cccs2)o1. The van der Waals surface area contributed by atoms with Gasteiger partial charge in [0.25, 0.3) is 5.91 Å². The number of hydrazone groups is 1. The van der Waals surface area contributed by atoms with E-state index in [4.69, 9.17) is 10.2 Å². The molecule has 2 heterocycles. The highest BCUT2D eigenvalue weighted by atomic mass is 32.1. The topological polar surface area (TPSA) is 80.6 Å². The first-order chi connectivity index (χ1) is 7.75. The molecule has 0 spiro atoms. The molecular formula is C10H9N3O2S. The Bertz CT molecular complexity index is 502. The lowest BCUT2D eigenvalue weighted by Crippen LogP contribution is -2.15. The second kappa shape index (κ2) is 4.63. The average Bonchev–Trinajstić information content (AvgIpc) is 2.89. The summed E-state index contributed by atoms with van der Waals surface area (Å²) in [5.41, 5.74) is 7.76. The summed E-state index contributed by atoms with van der Waals surface area (Å²) >= 11 is 1.35. The van der Waals surface area contributed by atoms with Crippen molar-refractivity contribution >= 4 is 29.3 Å². The third kappa shape index (κ3) is 2.48. The molecule has 6 heteroatoms. The second-order valence-electron chi connectivity index (χ2n) is 2.92. The lowest BCUT2D eigenvalue weighted by Gasteiger charge is -1.93. The number of thiophene rings is 1. The number of hydrogen-bond acceptors (Lipinski definition) is 5. The van der Waals surface area contributed by atoms with Crippen LogP contribution in [0.5, 0.6) is 0 Å². The number of rotatable bonds is 3. The van der Waals surface area contributed by atoms with E-state index in [-0.39, 0.29) is 5.91 Å². The van der Waals surface area contributed by atoms with E-state index >= 15 is 0 Å². The minimum atomic E-state index is -0.245. The zero-order chi connectivity index (χ0) is 11.4. The van der Waals surface area contributed by atoms with Crippen molar-refractivity contribution in [3.63, 3.8) is 0 Å². The zero-order valence-corrected chi connectivity index (χ0v) is 9.03. The maximum atomic E-state index is 11.4. The van der Waals surface area contributed by atoms with Gasteiger partial charge in [0.05, 0.1) is 11.1 Å². The standard InChI is InChI=1S/C10H9N3O2S/c11-9-4-3-7(15-9)6-12-13-10(14)8-2-1-5-16-8/h1-6H,11H2,(H,13,14)/b12-6+. The van der Waals surface area contributed by atoms with Crippen molar-refractivity contribution in [2.45, 2.75) is 0 Å². The molecule has 0 aliphatic carbocycles. The molecule has 0 aliphatic heterocycles. The summed E-state index contributed by atoms with van der Waals surface area (Å²) in [6, 6.07) is 6.80. The van der Waals surface area contributed by atoms with Gasteiger partial charge >= 0.3 is 0 Å². The molecule has 3 N–H and O–H groups in total. The molecule has 2 aromatic rings. The Morgan fingerprint density at radius 1 is 1.50 bits per heavy atom. The molecule has 5 nitrogen and oxygen atoms in total. The van der Waals surface area contributed by atoms with Gasteiger partial charge in [0.1, 0.15) is 5.76 Å². The molecule has 2 aromatic heterocycles. The fourth-order valence-corrected chi connectivity index (χ4v) is 1.67. The molecule has 0 bridgehead atoms. The lowest BCUT2D eigenvalue weighted by atomic mass is 10.4. The van der Waals surface area contributed by atoms with Crippen molar-refractivity contribution in [1.82, 2.24) is 5.43 Å². The highest BCUT2D eigenvalue weighted by Gasteiger charge is 2.03. The Hall–Kier alpha value is -2.08. The molecule has 0 aliphatic rings. The van der Waals surface area contributed by atoms with Gasteiger partial charge in [-0.15, -0.1) is 11.3 Å². The number of furan rings is 1. The van der Waals surface area contributed by atoms with Crippen molar-refractivity contribution in [3.05, 3.63) is 40.3 Å². The van der Waals surface area contributed by atoms with Gasteiger partial charge in [0.15, 0.2) is 5.88 Å². The monoisotopic (exact) mass is 235 g/mol. The van der Waals surface area contributed by atoms with Crippen molar-refractivity contribution < 1.29 is 9.21 Å². The average molecular weight is 235 g/mol. The number of carbonyl (C=O) groups excluding carboxylic acids is 1. The van der Waals surface area contributed by atoms with Crippen LogP contribution < -0.4 is 11.2 Å². The quantitative estimate of drug-likeness (QED) is 0.627. The highest BCUT2D eigenvalue weighted by molar-refractivity contribution is 7.12. The van der Waals surface area contributed by atoms with E-state index in [0.29, 0.717) is 16.5 Å². The third-order valence-electron chi connectivity index (χ3n) is 1.75. The number of nitrogen functional groups attached to an aromatic ring is 1. The molecular weight excluding hydrogens is 226 g/mol. The summed E-state index contributed by atoms with van der Waals surface area (Å²) < 4.78 is 5.04. The molecule has 0 saturated carbocycles. The Balaban J connectivity index is 1.93. The van der Waals surface area contributed by atoms with Crippen LogP contribution in [0, 0.1) is 0 Å². The van der Waals surface area contributed by atoms with Crippen LogP contribution in [0.4, 0.5) is 5.88 Å². The molecule has 0 saturated heterocycles. The zero-order valence-electron chi connectivity index (χ0n) is 8.21. The Morgan fingerprint density at radius 2 is 2.38 bits per heavy atom. The van der Waals surface area contributed by atoms with E-state index in [2.05, 4.69) is 10.5 Å². The Morgan fingerprint density at radius 3 is 3.00 bits per heavy atom. The van der Waals surface area contributed by atoms with E-state index in [1.54, 1.807) is 24.3 Å². The fraction of sp³-hybridized carbons (Fsp3) is 0. The number of carbonyl (C=O) groups is 1. The normalized spacial score (nSPS) is 10.8. The van der Waals surface area contributed by atoms with Crippen LogP contribution in [0.1, 0.15) is 15.4 Å². The first-order valence-corrected chi connectivity index (χ1v) is 5.36. The van der Waals surface area contributed by atoms with E-state index in [9.17, 15) is 4.79 Å². The smallest absolute Gasteiger partial charge is 0.281 e. The predicted octanol–water partition coefficient (Wildman–Crippen LogP) is 1.69. The Labute approximate surface area is 95.6 Å². The maximum Gasteiger partial charge on any atom is 0.281 e. The van der Waals surface area contributed by atoms with Crippen LogP contribution >= 0.6 is 11.3 Å². The number of nitrogens with one attached hydrogen (secondary N) is 1. The summed E-state index contributed by atoms with van der Waals surface area (Å²) in [5, 5.41) is 5.57. The van der Waals surface area contributed by atoms with Crippen LogP contribution in [0.2, 0.25) is 0 Å². The molecule has 0 unspecified atom stereocenters. The van der Waals surface area contributed by atoms with Gasteiger partial charge in [0, 0.05) is 6.07 Å². The van der Waals surface area contributed by atoms with Crippen LogP contribution in [0.15, 0.2) is 39.2 Å². The van der Waals surface area contributed by atoms with Crippen LogP contribution in [0.3, 0.4) is 0 Å². The van der Waals surface area contributed by atoms with Gasteiger partial charge in [-0.1, -0.05) is 6.07 Å². The maximum absolute atomic E-state index is 11.4. The van der Waals surface area contributed by atoms with Gasteiger partial charge < -0.3 is 10.2 Å². The van der Waals surface area contributed by atoms with E-state index in [1.165, 1.54) is 17.6 Å². The van der Waals surface area contributed by atoms with Crippen LogP contribution in [0.25, 0.3) is 0 Å². The van der Waals surface area contributed by atoms with Gasteiger partial charge in [0.2, 0.25) is 0 Å². The van der Waals surface area contributed by atoms with Crippen molar-refractivity contribution in [3.8, 4) is 0 Å². The second-order valence-corrected chi connectivity index (χ2v) is 3.86. The van der Waals surface area contributed by atoms with E-state index in [0.717, 1.165) is 0 Å². The summed E-state index contributed by atoms with van der Waals surface area (Å²) in [6.07, 6.45) is 1.39. The third-order valence-corrected chi connectivity index (χ3v) is 2.62. The largest absolute Gasteiger partial charge is 0.440 e. The first-order valence-electron chi connectivity index (χ1n) is 4.48. The van der Waals surface area contributed by atoms with E-state index < -0.39 is 0 Å². The molecule has 0 aromatic carbocycles. The van der Waals surface area contributed by atoms with Crippen molar-refractivity contribution in [2.24, 2.45) is 5.10 Å².